The zero-order valence-electron chi connectivity index (χ0n) is 21.2. The van der Waals surface area contributed by atoms with Gasteiger partial charge in [0.2, 0.25) is 5.76 Å². The second-order valence-electron chi connectivity index (χ2n) is 9.49. The average molecular weight is 616 g/mol. The number of hydrogen-bond acceptors (Lipinski definition) is 9. The summed E-state index contributed by atoms with van der Waals surface area (Å²) in [4.78, 5) is 26.3. The number of aromatic nitrogens is 1. The van der Waals surface area contributed by atoms with E-state index in [2.05, 4.69) is 14.4 Å². The molecule has 1 saturated heterocycles. The SMILES string of the molecule is O=C(OCCc1ccccc1C1CC1(NS(=O)(=O)c1ccc(-c2cc(C(F)(F)F)on2)s1)C(=O)O)N1CCOCC1. The summed E-state index contributed by atoms with van der Waals surface area (Å²) in [5, 5.41) is 13.4. The highest BCUT2D eigenvalue weighted by molar-refractivity contribution is 7.91. The normalized spacial score (nSPS) is 21.0. The van der Waals surface area contributed by atoms with Crippen molar-refractivity contribution in [3.05, 3.63) is 59.4 Å². The van der Waals surface area contributed by atoms with E-state index in [4.69, 9.17) is 9.47 Å². The van der Waals surface area contributed by atoms with E-state index in [1.807, 2.05) is 0 Å². The van der Waals surface area contributed by atoms with Crippen LogP contribution in [0.25, 0.3) is 10.6 Å². The highest BCUT2D eigenvalue weighted by Gasteiger charge is 2.63. The van der Waals surface area contributed by atoms with Gasteiger partial charge < -0.3 is 24.0 Å². The minimum absolute atomic E-state index is 0.0252. The smallest absolute Gasteiger partial charge is 0.452 e. The second-order valence-corrected chi connectivity index (χ2v) is 12.5. The standard InChI is InChI=1S/C25H24F3N3O8S2/c26-25(27,28)20-13-18(29-39-20)19-5-6-21(40-19)41(35,36)30-24(22(32)33)14-17(24)16-4-2-1-3-15(16)7-10-38-23(34)31-8-11-37-12-9-31/h1-6,13,17,30H,7-12,14H2,(H,32,33). The van der Waals surface area contributed by atoms with Gasteiger partial charge in [0.05, 0.1) is 24.7 Å². The fourth-order valence-corrected chi connectivity index (χ4v) is 7.30. The van der Waals surface area contributed by atoms with E-state index in [9.17, 15) is 36.3 Å². The summed E-state index contributed by atoms with van der Waals surface area (Å²) < 4.78 is 81.8. The first-order valence-corrected chi connectivity index (χ1v) is 14.7. The number of nitrogens with one attached hydrogen (secondary N) is 1. The maximum absolute atomic E-state index is 13.2. The quantitative estimate of drug-likeness (QED) is 0.367. The molecule has 2 aromatic heterocycles. The highest BCUT2D eigenvalue weighted by Crippen LogP contribution is 2.53. The Kier molecular flexibility index (Phi) is 7.84. The molecule has 41 heavy (non-hydrogen) atoms. The molecule has 0 bridgehead atoms. The molecule has 2 atom stereocenters. The summed E-state index contributed by atoms with van der Waals surface area (Å²) in [5.74, 6) is -3.41. The molecule has 1 amide bonds. The number of morpholine rings is 1. The molecule has 1 aliphatic heterocycles. The highest BCUT2D eigenvalue weighted by atomic mass is 32.2. The van der Waals surface area contributed by atoms with Gasteiger partial charge in [0.25, 0.3) is 10.0 Å². The lowest BCUT2D eigenvalue weighted by atomic mass is 9.98. The van der Waals surface area contributed by atoms with Crippen LogP contribution >= 0.6 is 11.3 Å². The number of carbonyl (C=O) groups excluding carboxylic acids is 1. The Morgan fingerprint density at radius 1 is 1.20 bits per heavy atom. The summed E-state index contributed by atoms with van der Waals surface area (Å²) >= 11 is 0.629. The summed E-state index contributed by atoms with van der Waals surface area (Å²) in [6.07, 6.45) is -4.96. The Morgan fingerprint density at radius 2 is 1.93 bits per heavy atom. The number of ether oxygens (including phenoxy) is 2. The first kappa shape index (κ1) is 29.0. The third kappa shape index (κ3) is 6.10. The van der Waals surface area contributed by atoms with Gasteiger partial charge in [-0.1, -0.05) is 29.4 Å². The molecule has 2 fully saturated rings. The van der Waals surface area contributed by atoms with E-state index in [1.165, 1.54) is 11.0 Å². The van der Waals surface area contributed by atoms with Crippen molar-refractivity contribution in [2.75, 3.05) is 32.9 Å². The number of alkyl halides is 3. The lowest BCUT2D eigenvalue weighted by Gasteiger charge is -2.26. The number of aliphatic carboxylic acids is 1. The summed E-state index contributed by atoms with van der Waals surface area (Å²) in [6.45, 7) is 1.76. The molecule has 1 aromatic carbocycles. The summed E-state index contributed by atoms with van der Waals surface area (Å²) in [7, 11) is -4.38. The van der Waals surface area contributed by atoms with Gasteiger partial charge in [-0.3, -0.25) is 4.79 Å². The van der Waals surface area contributed by atoms with Crippen molar-refractivity contribution in [3.63, 3.8) is 0 Å². The molecule has 1 saturated carbocycles. The molecule has 1 aliphatic carbocycles. The van der Waals surface area contributed by atoms with Crippen LogP contribution in [0.2, 0.25) is 0 Å². The van der Waals surface area contributed by atoms with Crippen molar-refractivity contribution in [2.45, 2.75) is 34.7 Å². The predicted octanol–water partition coefficient (Wildman–Crippen LogP) is 3.72. The van der Waals surface area contributed by atoms with Gasteiger partial charge in [-0.15, -0.1) is 11.3 Å². The van der Waals surface area contributed by atoms with E-state index < -0.39 is 45.5 Å². The van der Waals surface area contributed by atoms with Crippen LogP contribution in [0.15, 0.2) is 51.2 Å². The van der Waals surface area contributed by atoms with E-state index in [1.54, 1.807) is 24.3 Å². The minimum Gasteiger partial charge on any atom is -0.480 e. The first-order chi connectivity index (χ1) is 19.4. The molecule has 3 heterocycles. The van der Waals surface area contributed by atoms with Crippen LogP contribution in [-0.4, -0.2) is 74.1 Å². The average Bonchev–Trinajstić information content (AvgIpc) is 3.28. The Hall–Kier alpha value is -3.47. The molecular formula is C25H24F3N3O8S2. The van der Waals surface area contributed by atoms with Crippen molar-refractivity contribution in [3.8, 4) is 10.6 Å². The van der Waals surface area contributed by atoms with Crippen LogP contribution in [0.3, 0.4) is 0 Å². The van der Waals surface area contributed by atoms with E-state index in [0.29, 0.717) is 54.8 Å². The first-order valence-electron chi connectivity index (χ1n) is 12.4. The fraction of sp³-hybridized carbons (Fsp3) is 0.400. The molecule has 0 radical (unpaired) electrons. The summed E-state index contributed by atoms with van der Waals surface area (Å²) in [5.41, 5.74) is -0.723. The Labute approximate surface area is 235 Å². The van der Waals surface area contributed by atoms with Gasteiger partial charge >= 0.3 is 18.2 Å². The van der Waals surface area contributed by atoms with Crippen LogP contribution in [0.4, 0.5) is 18.0 Å². The van der Waals surface area contributed by atoms with E-state index in [0.717, 1.165) is 6.07 Å². The third-order valence-corrected chi connectivity index (χ3v) is 9.95. The van der Waals surface area contributed by atoms with Gasteiger partial charge in [-0.25, -0.2) is 13.2 Å². The number of sulfonamides is 1. The molecule has 0 spiro atoms. The van der Waals surface area contributed by atoms with Crippen molar-refractivity contribution in [1.82, 2.24) is 14.8 Å². The Bertz CT molecular complexity index is 1550. The molecule has 3 aromatic rings. The lowest BCUT2D eigenvalue weighted by molar-refractivity contribution is -0.155. The van der Waals surface area contributed by atoms with Crippen LogP contribution < -0.4 is 4.72 Å². The number of carboxylic acid groups (broad SMARTS) is 1. The molecule has 2 aliphatic rings. The van der Waals surface area contributed by atoms with Crippen LogP contribution in [0, 0.1) is 0 Å². The number of nitrogens with zero attached hydrogens (tertiary/aromatic N) is 2. The molecular weight excluding hydrogens is 591 g/mol. The van der Waals surface area contributed by atoms with Crippen LogP contribution in [0.1, 0.15) is 29.2 Å². The van der Waals surface area contributed by atoms with Crippen molar-refractivity contribution >= 4 is 33.4 Å². The van der Waals surface area contributed by atoms with Crippen molar-refractivity contribution < 1.29 is 50.3 Å². The van der Waals surface area contributed by atoms with E-state index in [-0.39, 0.29) is 34.2 Å². The minimum atomic E-state index is -4.76. The topological polar surface area (TPSA) is 148 Å². The van der Waals surface area contributed by atoms with Crippen LogP contribution in [0.5, 0.6) is 0 Å². The summed E-state index contributed by atoms with van der Waals surface area (Å²) in [6, 6.07) is 10.00. The maximum atomic E-state index is 13.2. The molecule has 5 rings (SSSR count). The second kappa shape index (κ2) is 11.1. The maximum Gasteiger partial charge on any atom is 0.452 e. The van der Waals surface area contributed by atoms with E-state index >= 15 is 0 Å². The zero-order chi connectivity index (χ0) is 29.4. The van der Waals surface area contributed by atoms with Crippen molar-refractivity contribution in [1.29, 1.82) is 0 Å². The van der Waals surface area contributed by atoms with Gasteiger partial charge in [-0.2, -0.15) is 17.9 Å². The monoisotopic (exact) mass is 615 g/mol. The van der Waals surface area contributed by atoms with Gasteiger partial charge in [0.15, 0.2) is 0 Å². The van der Waals surface area contributed by atoms with Gasteiger partial charge in [-0.05, 0) is 29.7 Å². The Balaban J connectivity index is 1.29. The number of benzene rings is 1. The zero-order valence-corrected chi connectivity index (χ0v) is 22.9. The number of hydrogen-bond donors (Lipinski definition) is 2. The molecule has 220 valence electrons. The largest absolute Gasteiger partial charge is 0.480 e. The predicted molar refractivity (Wildman–Crippen MR) is 137 cm³/mol. The molecule has 16 heteroatoms. The number of carboxylic acids is 1. The lowest BCUT2D eigenvalue weighted by Crippen LogP contribution is -2.44. The van der Waals surface area contributed by atoms with Crippen LogP contribution in [-0.2, 0) is 36.9 Å². The number of halogens is 3. The molecule has 2 unspecified atom stereocenters. The Morgan fingerprint density at radius 3 is 2.61 bits per heavy atom. The number of thiophene rings is 1. The van der Waals surface area contributed by atoms with Gasteiger partial charge in [0, 0.05) is 31.5 Å². The number of amides is 1. The molecule has 11 nitrogen and oxygen atoms in total. The molecule has 2 N–H and O–H groups in total. The fourth-order valence-electron chi connectivity index (χ4n) is 4.64. The number of rotatable bonds is 9. The third-order valence-electron chi connectivity index (χ3n) is 6.84. The number of carbonyl (C=O) groups is 2. The van der Waals surface area contributed by atoms with Gasteiger partial charge in [0.1, 0.15) is 15.4 Å². The van der Waals surface area contributed by atoms with Crippen molar-refractivity contribution in [2.24, 2.45) is 0 Å².